The van der Waals surface area contributed by atoms with Crippen LogP contribution in [-0.2, 0) is 9.53 Å². The predicted octanol–water partition coefficient (Wildman–Crippen LogP) is 2.96. The first-order valence-corrected chi connectivity index (χ1v) is 10.4. The van der Waals surface area contributed by atoms with Gasteiger partial charge in [-0.25, -0.2) is 4.79 Å². The highest BCUT2D eigenvalue weighted by Crippen LogP contribution is 2.29. The van der Waals surface area contributed by atoms with E-state index in [1.807, 2.05) is 0 Å². The van der Waals surface area contributed by atoms with Gasteiger partial charge in [-0.2, -0.15) is 0 Å². The lowest BCUT2D eigenvalue weighted by Gasteiger charge is -2.39. The second-order valence-corrected chi connectivity index (χ2v) is 8.06. The van der Waals surface area contributed by atoms with E-state index in [1.54, 1.807) is 24.3 Å². The van der Waals surface area contributed by atoms with Gasteiger partial charge in [0.05, 0.1) is 18.8 Å². The van der Waals surface area contributed by atoms with Gasteiger partial charge < -0.3 is 14.4 Å². The molecule has 2 fully saturated rings. The first-order chi connectivity index (χ1) is 13.5. The molecule has 0 spiro atoms. The Morgan fingerprint density at radius 2 is 1.57 bits per heavy atom. The second-order valence-electron chi connectivity index (χ2n) is 8.06. The van der Waals surface area contributed by atoms with Gasteiger partial charge in [-0.05, 0) is 63.8 Å². The molecule has 1 aliphatic heterocycles. The van der Waals surface area contributed by atoms with Crippen molar-refractivity contribution in [3.63, 3.8) is 0 Å². The van der Waals surface area contributed by atoms with Crippen LogP contribution in [0.2, 0.25) is 0 Å². The van der Waals surface area contributed by atoms with E-state index in [9.17, 15) is 9.59 Å². The fourth-order valence-corrected chi connectivity index (χ4v) is 4.12. The third-order valence-corrected chi connectivity index (χ3v) is 5.96. The summed E-state index contributed by atoms with van der Waals surface area (Å²) in [5, 5.41) is 0. The summed E-state index contributed by atoms with van der Waals surface area (Å²) in [6.45, 7) is 8.07. The van der Waals surface area contributed by atoms with Crippen LogP contribution in [0.1, 0.15) is 49.9 Å². The molecule has 0 N–H and O–H groups in total. The fraction of sp³-hybridized carbons (Fsp3) is 0.636. The van der Waals surface area contributed by atoms with Crippen molar-refractivity contribution in [1.82, 2.24) is 9.80 Å². The van der Waals surface area contributed by atoms with E-state index in [1.165, 1.54) is 7.11 Å². The Morgan fingerprint density at radius 3 is 2.11 bits per heavy atom. The minimum Gasteiger partial charge on any atom is -0.490 e. The van der Waals surface area contributed by atoms with E-state index in [-0.39, 0.29) is 18.0 Å². The number of esters is 1. The Balaban J connectivity index is 1.44. The first kappa shape index (κ1) is 20.6. The van der Waals surface area contributed by atoms with E-state index in [2.05, 4.69) is 23.6 Å². The number of hydrogen-bond acceptors (Lipinski definition) is 5. The third-order valence-electron chi connectivity index (χ3n) is 5.96. The molecule has 2 aliphatic rings. The Kier molecular flexibility index (Phi) is 6.94. The molecular weight excluding hydrogens is 356 g/mol. The highest BCUT2D eigenvalue weighted by atomic mass is 16.5. The van der Waals surface area contributed by atoms with Crippen molar-refractivity contribution < 1.29 is 19.1 Å². The molecule has 6 heteroatoms. The SMILES string of the molecule is COC(=O)c1ccc(OC2CCC(C(=O)N3CCN(C(C)C)CC3)CC2)cc1. The normalized spacial score (nSPS) is 23.5. The zero-order valence-corrected chi connectivity index (χ0v) is 17.2. The van der Waals surface area contributed by atoms with Gasteiger partial charge in [0.25, 0.3) is 0 Å². The summed E-state index contributed by atoms with van der Waals surface area (Å²) < 4.78 is 10.8. The highest BCUT2D eigenvalue weighted by Gasteiger charge is 2.32. The Hall–Kier alpha value is -2.08. The van der Waals surface area contributed by atoms with Gasteiger partial charge in [-0.15, -0.1) is 0 Å². The molecule has 0 unspecified atom stereocenters. The number of ether oxygens (including phenoxy) is 2. The lowest BCUT2D eigenvalue weighted by Crippen LogP contribution is -2.52. The van der Waals surface area contributed by atoms with Crippen LogP contribution in [0.3, 0.4) is 0 Å². The number of carbonyl (C=O) groups is 2. The van der Waals surface area contributed by atoms with Crippen LogP contribution in [0.4, 0.5) is 0 Å². The molecule has 28 heavy (non-hydrogen) atoms. The van der Waals surface area contributed by atoms with Crippen molar-refractivity contribution >= 4 is 11.9 Å². The lowest BCUT2D eigenvalue weighted by atomic mass is 9.86. The van der Waals surface area contributed by atoms with Crippen molar-refractivity contribution in [2.24, 2.45) is 5.92 Å². The molecule has 1 saturated heterocycles. The molecule has 1 aliphatic carbocycles. The van der Waals surface area contributed by atoms with Crippen LogP contribution in [0.15, 0.2) is 24.3 Å². The number of nitrogens with zero attached hydrogens (tertiary/aromatic N) is 2. The minimum atomic E-state index is -0.347. The lowest BCUT2D eigenvalue weighted by molar-refractivity contribution is -0.139. The molecule has 0 aromatic heterocycles. The molecule has 1 amide bonds. The van der Waals surface area contributed by atoms with Gasteiger partial charge in [0.2, 0.25) is 5.91 Å². The second kappa shape index (κ2) is 9.41. The van der Waals surface area contributed by atoms with E-state index in [0.717, 1.165) is 57.6 Å². The van der Waals surface area contributed by atoms with Crippen LogP contribution >= 0.6 is 0 Å². The summed E-state index contributed by atoms with van der Waals surface area (Å²) in [5.41, 5.74) is 0.515. The maximum Gasteiger partial charge on any atom is 0.337 e. The Morgan fingerprint density at radius 1 is 0.964 bits per heavy atom. The minimum absolute atomic E-state index is 0.130. The van der Waals surface area contributed by atoms with E-state index in [0.29, 0.717) is 17.5 Å². The number of benzene rings is 1. The average Bonchev–Trinajstić information content (AvgIpc) is 2.74. The molecule has 3 rings (SSSR count). The number of methoxy groups -OCH3 is 1. The molecule has 0 atom stereocenters. The number of piperazine rings is 1. The monoisotopic (exact) mass is 388 g/mol. The third kappa shape index (κ3) is 5.04. The molecule has 0 radical (unpaired) electrons. The predicted molar refractivity (Wildman–Crippen MR) is 107 cm³/mol. The van der Waals surface area contributed by atoms with E-state index in [4.69, 9.17) is 9.47 Å². The molecular formula is C22H32N2O4. The Labute approximate surface area is 167 Å². The van der Waals surface area contributed by atoms with Crippen molar-refractivity contribution in [1.29, 1.82) is 0 Å². The van der Waals surface area contributed by atoms with Gasteiger partial charge in [0.1, 0.15) is 5.75 Å². The smallest absolute Gasteiger partial charge is 0.337 e. The van der Waals surface area contributed by atoms with Gasteiger partial charge >= 0.3 is 5.97 Å². The van der Waals surface area contributed by atoms with Crippen LogP contribution < -0.4 is 4.74 Å². The molecule has 1 heterocycles. The maximum atomic E-state index is 12.8. The zero-order valence-electron chi connectivity index (χ0n) is 17.2. The molecule has 1 aromatic carbocycles. The first-order valence-electron chi connectivity index (χ1n) is 10.4. The summed E-state index contributed by atoms with van der Waals surface area (Å²) >= 11 is 0. The van der Waals surface area contributed by atoms with Gasteiger partial charge in [-0.1, -0.05) is 0 Å². The van der Waals surface area contributed by atoms with E-state index < -0.39 is 0 Å². The van der Waals surface area contributed by atoms with Gasteiger partial charge in [0, 0.05) is 38.1 Å². The van der Waals surface area contributed by atoms with E-state index >= 15 is 0 Å². The van der Waals surface area contributed by atoms with Crippen molar-refractivity contribution in [2.75, 3.05) is 33.3 Å². The molecule has 154 valence electrons. The van der Waals surface area contributed by atoms with Crippen molar-refractivity contribution in [3.8, 4) is 5.75 Å². The largest absolute Gasteiger partial charge is 0.490 e. The topological polar surface area (TPSA) is 59.1 Å². The van der Waals surface area contributed by atoms with Gasteiger partial charge in [-0.3, -0.25) is 9.69 Å². The van der Waals surface area contributed by atoms with Crippen molar-refractivity contribution in [3.05, 3.63) is 29.8 Å². The van der Waals surface area contributed by atoms with Crippen LogP contribution in [0, 0.1) is 5.92 Å². The molecule has 0 bridgehead atoms. The summed E-state index contributed by atoms with van der Waals surface area (Å²) in [6.07, 6.45) is 3.68. The number of amides is 1. The van der Waals surface area contributed by atoms with Gasteiger partial charge in [0.15, 0.2) is 0 Å². The molecule has 1 aromatic rings. The summed E-state index contributed by atoms with van der Waals surface area (Å²) in [6, 6.07) is 7.59. The van der Waals surface area contributed by atoms with Crippen LogP contribution in [-0.4, -0.2) is 67.1 Å². The quantitative estimate of drug-likeness (QED) is 0.726. The number of rotatable bonds is 5. The fourth-order valence-electron chi connectivity index (χ4n) is 4.12. The number of hydrogen-bond donors (Lipinski definition) is 0. The number of carbonyl (C=O) groups excluding carboxylic acids is 2. The zero-order chi connectivity index (χ0) is 20.1. The Bertz CT molecular complexity index is 658. The van der Waals surface area contributed by atoms with Crippen LogP contribution in [0.5, 0.6) is 5.75 Å². The van der Waals surface area contributed by atoms with Crippen LogP contribution in [0.25, 0.3) is 0 Å². The highest BCUT2D eigenvalue weighted by molar-refractivity contribution is 5.89. The molecule has 6 nitrogen and oxygen atoms in total. The van der Waals surface area contributed by atoms with Crippen molar-refractivity contribution in [2.45, 2.75) is 51.7 Å². The summed E-state index contributed by atoms with van der Waals surface area (Å²) in [7, 11) is 1.37. The maximum absolute atomic E-state index is 12.8. The summed E-state index contributed by atoms with van der Waals surface area (Å²) in [5.74, 6) is 0.864. The average molecular weight is 389 g/mol. The molecule has 1 saturated carbocycles. The summed E-state index contributed by atoms with van der Waals surface area (Å²) in [4.78, 5) is 28.8. The standard InChI is InChI=1S/C22H32N2O4/c1-16(2)23-12-14-24(15-13-23)21(25)17-4-8-19(9-5-17)28-20-10-6-18(7-11-20)22(26)27-3/h6-7,10-11,16-17,19H,4-5,8-9,12-15H2,1-3H3.